The van der Waals surface area contributed by atoms with Crippen molar-refractivity contribution in [3.05, 3.63) is 41.7 Å². The van der Waals surface area contributed by atoms with E-state index in [9.17, 15) is 0 Å². The first-order valence-electron chi connectivity index (χ1n) is 3.94. The second-order valence-corrected chi connectivity index (χ2v) is 2.57. The Kier molecular flexibility index (Phi) is 3.23. The number of rotatable bonds is 1. The van der Waals surface area contributed by atoms with Crippen LogP contribution >= 0.6 is 0 Å². The summed E-state index contributed by atoms with van der Waals surface area (Å²) in [5, 5.41) is 16.9. The smallest absolute Gasteiger partial charge is 0.147 e. The summed E-state index contributed by atoms with van der Waals surface area (Å²) in [7, 11) is 1.84. The summed E-state index contributed by atoms with van der Waals surface area (Å²) in [4.78, 5) is 4.00. The lowest BCUT2D eigenvalue weighted by molar-refractivity contribution is 0.833. The molecule has 68 valence electrons. The minimum absolute atomic E-state index is 0.00569. The molecule has 0 bridgehead atoms. The van der Waals surface area contributed by atoms with E-state index in [1.807, 2.05) is 25.4 Å². The molecular weight excluding hydrogens is 176 g/mol. The maximum absolute atomic E-state index is 8.47. The summed E-state index contributed by atoms with van der Waals surface area (Å²) in [5.74, 6) is 0. The molecule has 0 spiro atoms. The number of hydrogen-bond donors (Lipinski definition) is 0. The molecule has 1 rings (SSSR count). The van der Waals surface area contributed by atoms with E-state index in [-0.39, 0.29) is 5.57 Å². The van der Waals surface area contributed by atoms with Crippen LogP contribution < -0.4 is 5.49 Å². The highest BCUT2D eigenvalue weighted by molar-refractivity contribution is 5.34. The van der Waals surface area contributed by atoms with Crippen molar-refractivity contribution in [3.63, 3.8) is 0 Å². The summed E-state index contributed by atoms with van der Waals surface area (Å²) in [5.41, 5.74) is 0.685. The number of pyridine rings is 1. The van der Waals surface area contributed by atoms with E-state index >= 15 is 0 Å². The Labute approximate surface area is 81.7 Å². The SMILES string of the molecule is Cn1ccccc1=NC=C(C#N)C#N. The normalized spacial score (nSPS) is 10.1. The van der Waals surface area contributed by atoms with Crippen LogP contribution in [0.1, 0.15) is 0 Å². The second-order valence-electron chi connectivity index (χ2n) is 2.57. The largest absolute Gasteiger partial charge is 0.336 e. The van der Waals surface area contributed by atoms with E-state index in [0.29, 0.717) is 5.49 Å². The third kappa shape index (κ3) is 2.33. The van der Waals surface area contributed by atoms with Gasteiger partial charge in [0.2, 0.25) is 0 Å². The summed E-state index contributed by atoms with van der Waals surface area (Å²) in [6, 6.07) is 8.98. The van der Waals surface area contributed by atoms with Gasteiger partial charge in [-0.3, -0.25) is 0 Å². The molecule has 0 atom stereocenters. The van der Waals surface area contributed by atoms with Crippen molar-refractivity contribution in [1.82, 2.24) is 4.57 Å². The van der Waals surface area contributed by atoms with Crippen LogP contribution in [-0.4, -0.2) is 4.57 Å². The van der Waals surface area contributed by atoms with Gasteiger partial charge < -0.3 is 4.57 Å². The topological polar surface area (TPSA) is 64.9 Å². The molecule has 4 nitrogen and oxygen atoms in total. The molecule has 0 amide bonds. The molecule has 0 N–H and O–H groups in total. The lowest BCUT2D eigenvalue weighted by atomic mass is 10.4. The maximum Gasteiger partial charge on any atom is 0.147 e. The van der Waals surface area contributed by atoms with Gasteiger partial charge in [0, 0.05) is 13.2 Å². The van der Waals surface area contributed by atoms with E-state index in [4.69, 9.17) is 10.5 Å². The molecule has 0 aliphatic carbocycles. The van der Waals surface area contributed by atoms with Crippen LogP contribution in [-0.2, 0) is 7.05 Å². The lowest BCUT2D eigenvalue weighted by Gasteiger charge is -1.95. The fourth-order valence-electron chi connectivity index (χ4n) is 0.862. The molecule has 0 radical (unpaired) electrons. The fraction of sp³-hybridized carbons (Fsp3) is 0.100. The first kappa shape index (κ1) is 9.76. The molecule has 4 heteroatoms. The van der Waals surface area contributed by atoms with E-state index in [0.717, 1.165) is 0 Å². The van der Waals surface area contributed by atoms with Gasteiger partial charge in [0.05, 0.1) is 6.20 Å². The van der Waals surface area contributed by atoms with E-state index in [1.54, 1.807) is 22.8 Å². The Morgan fingerprint density at radius 3 is 2.71 bits per heavy atom. The highest BCUT2D eigenvalue weighted by atomic mass is 15.0. The molecular formula is C10H8N4. The molecule has 1 heterocycles. The Morgan fingerprint density at radius 1 is 1.43 bits per heavy atom. The highest BCUT2D eigenvalue weighted by Gasteiger charge is 1.88. The van der Waals surface area contributed by atoms with Gasteiger partial charge in [-0.2, -0.15) is 10.5 Å². The van der Waals surface area contributed by atoms with Crippen molar-refractivity contribution in [2.45, 2.75) is 0 Å². The standard InChI is InChI=1S/C10H8N4/c1-14-5-3-2-4-10(14)13-8-9(6-11)7-12/h2-5,8H,1H3. The maximum atomic E-state index is 8.47. The molecule has 0 aliphatic rings. The summed E-state index contributed by atoms with van der Waals surface area (Å²) in [6.45, 7) is 0. The fourth-order valence-corrected chi connectivity index (χ4v) is 0.862. The molecule has 0 aromatic carbocycles. The number of aryl methyl sites for hydroxylation is 1. The minimum atomic E-state index is -0.00569. The van der Waals surface area contributed by atoms with Gasteiger partial charge in [-0.25, -0.2) is 4.99 Å². The number of nitrogens with zero attached hydrogens (tertiary/aromatic N) is 4. The zero-order valence-corrected chi connectivity index (χ0v) is 7.68. The van der Waals surface area contributed by atoms with Crippen molar-refractivity contribution in [2.75, 3.05) is 0 Å². The van der Waals surface area contributed by atoms with Gasteiger partial charge >= 0.3 is 0 Å². The minimum Gasteiger partial charge on any atom is -0.336 e. The van der Waals surface area contributed by atoms with Gasteiger partial charge in [-0.05, 0) is 12.1 Å². The average Bonchev–Trinajstić information content (AvgIpc) is 2.22. The predicted molar refractivity (Wildman–Crippen MR) is 50.3 cm³/mol. The van der Waals surface area contributed by atoms with Crippen LogP contribution in [0.4, 0.5) is 0 Å². The zero-order valence-electron chi connectivity index (χ0n) is 7.68. The lowest BCUT2D eigenvalue weighted by Crippen LogP contribution is -2.14. The highest BCUT2D eigenvalue weighted by Crippen LogP contribution is 1.87. The Bertz CT molecular complexity index is 478. The van der Waals surface area contributed by atoms with Crippen LogP contribution in [0.2, 0.25) is 0 Å². The van der Waals surface area contributed by atoms with E-state index in [2.05, 4.69) is 4.99 Å². The van der Waals surface area contributed by atoms with Crippen molar-refractivity contribution in [1.29, 1.82) is 10.5 Å². The summed E-state index contributed by atoms with van der Waals surface area (Å²) >= 11 is 0. The number of nitriles is 2. The van der Waals surface area contributed by atoms with Gasteiger partial charge in [-0.15, -0.1) is 0 Å². The number of hydrogen-bond acceptors (Lipinski definition) is 3. The molecule has 1 aromatic heterocycles. The van der Waals surface area contributed by atoms with Crippen LogP contribution in [0.5, 0.6) is 0 Å². The zero-order chi connectivity index (χ0) is 10.4. The summed E-state index contributed by atoms with van der Waals surface area (Å²) in [6.07, 6.45) is 3.10. The van der Waals surface area contributed by atoms with E-state index in [1.165, 1.54) is 6.20 Å². The molecule has 1 aromatic rings. The van der Waals surface area contributed by atoms with Gasteiger partial charge in [-0.1, -0.05) is 6.07 Å². The van der Waals surface area contributed by atoms with Crippen LogP contribution in [0.25, 0.3) is 0 Å². The van der Waals surface area contributed by atoms with Crippen LogP contribution in [0.3, 0.4) is 0 Å². The monoisotopic (exact) mass is 184 g/mol. The Morgan fingerprint density at radius 2 is 2.14 bits per heavy atom. The summed E-state index contributed by atoms with van der Waals surface area (Å²) < 4.78 is 1.79. The first-order chi connectivity index (χ1) is 6.77. The third-order valence-electron chi connectivity index (χ3n) is 1.59. The average molecular weight is 184 g/mol. The second kappa shape index (κ2) is 4.64. The van der Waals surface area contributed by atoms with Crippen molar-refractivity contribution in [3.8, 4) is 12.1 Å². The first-order valence-corrected chi connectivity index (χ1v) is 3.94. The Balaban J connectivity index is 3.15. The van der Waals surface area contributed by atoms with Crippen LogP contribution in [0.15, 0.2) is 41.2 Å². The molecule has 14 heavy (non-hydrogen) atoms. The van der Waals surface area contributed by atoms with Crippen LogP contribution in [0, 0.1) is 22.7 Å². The molecule has 0 saturated heterocycles. The van der Waals surface area contributed by atoms with Crippen molar-refractivity contribution < 1.29 is 0 Å². The number of aromatic nitrogens is 1. The molecule has 0 saturated carbocycles. The number of allylic oxidation sites excluding steroid dienone is 1. The molecule has 0 aliphatic heterocycles. The van der Waals surface area contributed by atoms with Crippen molar-refractivity contribution >= 4 is 0 Å². The van der Waals surface area contributed by atoms with E-state index < -0.39 is 0 Å². The van der Waals surface area contributed by atoms with Gasteiger partial charge in [0.1, 0.15) is 23.2 Å². The quantitative estimate of drug-likeness (QED) is 0.607. The molecule has 0 fully saturated rings. The predicted octanol–water partition coefficient (Wildman–Crippen LogP) is 0.857. The van der Waals surface area contributed by atoms with Gasteiger partial charge in [0.15, 0.2) is 0 Å². The molecule has 0 unspecified atom stereocenters. The third-order valence-corrected chi connectivity index (χ3v) is 1.59. The van der Waals surface area contributed by atoms with Crippen molar-refractivity contribution in [2.24, 2.45) is 12.0 Å². The Hall–Kier alpha value is -2.33. The van der Waals surface area contributed by atoms with Gasteiger partial charge in [0.25, 0.3) is 0 Å².